The standard InChI is InChI=1S/C20H16N4O3/c25-17-6-5-16(19(26)23-17)24-10-12-8-11(3-4-13(12)20(24)27)14-9-22-15-2-1-7-21-18(14)15/h1-4,7-9,16,22H,5-6,10H2,(H,23,25,26). The maximum atomic E-state index is 12.8. The summed E-state index contributed by atoms with van der Waals surface area (Å²) in [7, 11) is 0. The zero-order chi connectivity index (χ0) is 18.5. The first-order chi connectivity index (χ1) is 13.1. The molecule has 1 fully saturated rings. The fourth-order valence-corrected chi connectivity index (χ4v) is 3.92. The molecule has 4 heterocycles. The molecule has 2 aliphatic rings. The molecule has 27 heavy (non-hydrogen) atoms. The number of nitrogens with one attached hydrogen (secondary N) is 2. The summed E-state index contributed by atoms with van der Waals surface area (Å²) in [5.41, 5.74) is 5.26. The van der Waals surface area contributed by atoms with Crippen LogP contribution in [0, 0.1) is 0 Å². The molecule has 0 radical (unpaired) electrons. The Hall–Kier alpha value is -3.48. The normalized spacial score (nSPS) is 19.5. The van der Waals surface area contributed by atoms with E-state index < -0.39 is 11.9 Å². The number of imide groups is 1. The number of H-pyrrole nitrogens is 1. The molecule has 0 aliphatic carbocycles. The highest BCUT2D eigenvalue weighted by molar-refractivity contribution is 6.05. The number of carbonyl (C=O) groups is 3. The largest absolute Gasteiger partial charge is 0.359 e. The molecule has 1 aromatic carbocycles. The van der Waals surface area contributed by atoms with Gasteiger partial charge in [0.05, 0.1) is 11.0 Å². The summed E-state index contributed by atoms with van der Waals surface area (Å²) in [5, 5.41) is 2.32. The molecule has 5 rings (SSSR count). The first kappa shape index (κ1) is 15.7. The van der Waals surface area contributed by atoms with E-state index in [1.54, 1.807) is 17.2 Å². The van der Waals surface area contributed by atoms with E-state index >= 15 is 0 Å². The Morgan fingerprint density at radius 3 is 2.85 bits per heavy atom. The van der Waals surface area contributed by atoms with Crippen LogP contribution in [0.1, 0.15) is 28.8 Å². The summed E-state index contributed by atoms with van der Waals surface area (Å²) >= 11 is 0. The van der Waals surface area contributed by atoms with Crippen molar-refractivity contribution in [2.45, 2.75) is 25.4 Å². The van der Waals surface area contributed by atoms with Gasteiger partial charge in [0.2, 0.25) is 11.8 Å². The van der Waals surface area contributed by atoms with Crippen molar-refractivity contribution >= 4 is 28.8 Å². The first-order valence-corrected chi connectivity index (χ1v) is 8.82. The van der Waals surface area contributed by atoms with Gasteiger partial charge in [-0.25, -0.2) is 0 Å². The van der Waals surface area contributed by atoms with Crippen LogP contribution in [0.2, 0.25) is 0 Å². The van der Waals surface area contributed by atoms with Crippen LogP contribution in [0.5, 0.6) is 0 Å². The summed E-state index contributed by atoms with van der Waals surface area (Å²) < 4.78 is 0. The number of aromatic amines is 1. The molecule has 2 N–H and O–H groups in total. The molecule has 7 nitrogen and oxygen atoms in total. The molecule has 1 unspecified atom stereocenters. The van der Waals surface area contributed by atoms with Crippen LogP contribution < -0.4 is 5.32 Å². The third-order valence-electron chi connectivity index (χ3n) is 5.27. The van der Waals surface area contributed by atoms with Crippen molar-refractivity contribution in [3.8, 4) is 11.1 Å². The molecule has 2 aromatic heterocycles. The van der Waals surface area contributed by atoms with Gasteiger partial charge in [-0.15, -0.1) is 0 Å². The number of hydrogen-bond donors (Lipinski definition) is 2. The minimum Gasteiger partial charge on any atom is -0.359 e. The summed E-state index contributed by atoms with van der Waals surface area (Å²) in [6.45, 7) is 0.365. The van der Waals surface area contributed by atoms with Crippen LogP contribution in [0.15, 0.2) is 42.7 Å². The van der Waals surface area contributed by atoms with E-state index in [9.17, 15) is 14.4 Å². The lowest BCUT2D eigenvalue weighted by Crippen LogP contribution is -2.52. The summed E-state index contributed by atoms with van der Waals surface area (Å²) in [4.78, 5) is 45.5. The number of nitrogens with zero attached hydrogens (tertiary/aromatic N) is 2. The number of aromatic nitrogens is 2. The molecule has 3 amide bonds. The molecule has 1 saturated heterocycles. The van der Waals surface area contributed by atoms with Crippen molar-refractivity contribution in [1.82, 2.24) is 20.2 Å². The van der Waals surface area contributed by atoms with E-state index in [2.05, 4.69) is 15.3 Å². The fourth-order valence-electron chi connectivity index (χ4n) is 3.92. The van der Waals surface area contributed by atoms with Crippen LogP contribution in [0.4, 0.5) is 0 Å². The lowest BCUT2D eigenvalue weighted by Gasteiger charge is -2.29. The Morgan fingerprint density at radius 2 is 2.00 bits per heavy atom. The molecular formula is C20H16N4O3. The molecule has 0 saturated carbocycles. The average Bonchev–Trinajstić information content (AvgIpc) is 3.23. The number of piperidine rings is 1. The zero-order valence-corrected chi connectivity index (χ0v) is 14.4. The van der Waals surface area contributed by atoms with E-state index in [1.807, 2.05) is 30.5 Å². The van der Waals surface area contributed by atoms with Crippen molar-refractivity contribution in [3.63, 3.8) is 0 Å². The van der Waals surface area contributed by atoms with Gasteiger partial charge in [-0.1, -0.05) is 6.07 Å². The minimum absolute atomic E-state index is 0.164. The predicted octanol–water partition coefficient (Wildman–Crippen LogP) is 1.99. The van der Waals surface area contributed by atoms with E-state index in [-0.39, 0.29) is 18.2 Å². The molecule has 3 aromatic rings. The van der Waals surface area contributed by atoms with Gasteiger partial charge in [0, 0.05) is 36.5 Å². The van der Waals surface area contributed by atoms with Gasteiger partial charge < -0.3 is 9.88 Å². The van der Waals surface area contributed by atoms with Crippen LogP contribution in [-0.4, -0.2) is 38.6 Å². The molecule has 1 atom stereocenters. The third kappa shape index (κ3) is 2.43. The van der Waals surface area contributed by atoms with E-state index in [1.165, 1.54) is 0 Å². The zero-order valence-electron chi connectivity index (χ0n) is 14.4. The fraction of sp³-hybridized carbons (Fsp3) is 0.200. The number of hydrogen-bond acceptors (Lipinski definition) is 4. The van der Waals surface area contributed by atoms with Gasteiger partial charge in [0.1, 0.15) is 6.04 Å². The third-order valence-corrected chi connectivity index (χ3v) is 5.27. The first-order valence-electron chi connectivity index (χ1n) is 8.82. The molecule has 2 aliphatic heterocycles. The highest BCUT2D eigenvalue weighted by Crippen LogP contribution is 2.33. The Morgan fingerprint density at radius 1 is 1.11 bits per heavy atom. The van der Waals surface area contributed by atoms with Crippen LogP contribution in [0.3, 0.4) is 0 Å². The molecular weight excluding hydrogens is 344 g/mol. The van der Waals surface area contributed by atoms with Crippen LogP contribution in [0.25, 0.3) is 22.2 Å². The number of benzene rings is 1. The van der Waals surface area contributed by atoms with Crippen molar-refractivity contribution in [2.24, 2.45) is 0 Å². The second-order valence-corrected chi connectivity index (χ2v) is 6.87. The second-order valence-electron chi connectivity index (χ2n) is 6.87. The van der Waals surface area contributed by atoms with E-state index in [0.29, 0.717) is 18.5 Å². The number of pyridine rings is 1. The van der Waals surface area contributed by atoms with E-state index in [0.717, 1.165) is 27.7 Å². The number of amides is 3. The monoisotopic (exact) mass is 360 g/mol. The maximum absolute atomic E-state index is 12.8. The minimum atomic E-state index is -0.596. The molecule has 134 valence electrons. The number of fused-ring (bicyclic) bond motifs is 2. The quantitative estimate of drug-likeness (QED) is 0.683. The van der Waals surface area contributed by atoms with Crippen molar-refractivity contribution in [1.29, 1.82) is 0 Å². The lowest BCUT2D eigenvalue weighted by atomic mass is 10.0. The average molecular weight is 360 g/mol. The van der Waals surface area contributed by atoms with Gasteiger partial charge in [0.25, 0.3) is 5.91 Å². The SMILES string of the molecule is O=C1CCC(N2Cc3cc(-c4c[nH]c5cccnc45)ccc3C2=O)C(=O)N1. The van der Waals surface area contributed by atoms with Gasteiger partial charge >= 0.3 is 0 Å². The summed E-state index contributed by atoms with van der Waals surface area (Å²) in [5.74, 6) is -0.842. The van der Waals surface area contributed by atoms with Gasteiger partial charge in [-0.3, -0.25) is 24.7 Å². The van der Waals surface area contributed by atoms with Gasteiger partial charge in [-0.2, -0.15) is 0 Å². The van der Waals surface area contributed by atoms with Crippen molar-refractivity contribution in [3.05, 3.63) is 53.9 Å². The Bertz CT molecular complexity index is 1120. The maximum Gasteiger partial charge on any atom is 0.255 e. The predicted molar refractivity (Wildman–Crippen MR) is 97.6 cm³/mol. The second kappa shape index (κ2) is 5.77. The summed E-state index contributed by atoms with van der Waals surface area (Å²) in [6.07, 6.45) is 4.28. The van der Waals surface area contributed by atoms with Gasteiger partial charge in [0.15, 0.2) is 0 Å². The lowest BCUT2D eigenvalue weighted by molar-refractivity contribution is -0.136. The Balaban J connectivity index is 1.49. The number of rotatable bonds is 2. The smallest absolute Gasteiger partial charge is 0.255 e. The van der Waals surface area contributed by atoms with Crippen LogP contribution in [-0.2, 0) is 16.1 Å². The van der Waals surface area contributed by atoms with Crippen LogP contribution >= 0.6 is 0 Å². The Kier molecular flexibility index (Phi) is 3.36. The molecule has 0 bridgehead atoms. The highest BCUT2D eigenvalue weighted by Gasteiger charge is 2.39. The van der Waals surface area contributed by atoms with Crippen molar-refractivity contribution < 1.29 is 14.4 Å². The topological polar surface area (TPSA) is 95.2 Å². The summed E-state index contributed by atoms with van der Waals surface area (Å²) in [6, 6.07) is 8.94. The molecule has 0 spiro atoms. The Labute approximate surface area is 154 Å². The van der Waals surface area contributed by atoms with Gasteiger partial charge in [-0.05, 0) is 41.8 Å². The molecule has 7 heteroatoms. The van der Waals surface area contributed by atoms with E-state index in [4.69, 9.17) is 0 Å². The highest BCUT2D eigenvalue weighted by atomic mass is 16.2. The number of carbonyl (C=O) groups excluding carboxylic acids is 3. The van der Waals surface area contributed by atoms with Crippen molar-refractivity contribution in [2.75, 3.05) is 0 Å².